The largest absolute Gasteiger partial charge is 0.497 e. The van der Waals surface area contributed by atoms with Crippen molar-refractivity contribution in [1.29, 1.82) is 0 Å². The molecule has 0 radical (unpaired) electrons. The summed E-state index contributed by atoms with van der Waals surface area (Å²) in [6.45, 7) is 5.21. The van der Waals surface area contributed by atoms with Crippen LogP contribution >= 0.6 is 0 Å². The molecule has 43 heavy (non-hydrogen) atoms. The number of carbonyl (C=O) groups excluding carboxylic acids is 2. The summed E-state index contributed by atoms with van der Waals surface area (Å²) in [6, 6.07) is 19.7. The molecule has 3 aromatic rings. The van der Waals surface area contributed by atoms with Gasteiger partial charge in [-0.3, -0.25) is 13.9 Å². The van der Waals surface area contributed by atoms with Crippen molar-refractivity contribution in [1.82, 2.24) is 10.2 Å². The molecule has 2 amide bonds. The van der Waals surface area contributed by atoms with Crippen LogP contribution in [0.2, 0.25) is 0 Å². The van der Waals surface area contributed by atoms with Crippen molar-refractivity contribution in [3.63, 3.8) is 0 Å². The van der Waals surface area contributed by atoms with Crippen molar-refractivity contribution in [3.05, 3.63) is 83.9 Å². The van der Waals surface area contributed by atoms with Gasteiger partial charge < -0.3 is 19.7 Å². The molecule has 0 saturated heterocycles. The highest BCUT2D eigenvalue weighted by Crippen LogP contribution is 2.33. The first-order valence-electron chi connectivity index (χ1n) is 14.7. The topological polar surface area (TPSA) is 105 Å². The molecule has 1 saturated carbocycles. The summed E-state index contributed by atoms with van der Waals surface area (Å²) in [6.07, 6.45) is 3.91. The number of para-hydroxylation sites is 2. The van der Waals surface area contributed by atoms with Gasteiger partial charge in [-0.05, 0) is 75.6 Å². The lowest BCUT2D eigenvalue weighted by Gasteiger charge is -2.33. The third kappa shape index (κ3) is 7.87. The number of sulfonamides is 1. The van der Waals surface area contributed by atoms with Gasteiger partial charge in [0, 0.05) is 12.6 Å². The number of carbonyl (C=O) groups is 2. The van der Waals surface area contributed by atoms with Crippen LogP contribution in [0.25, 0.3) is 0 Å². The smallest absolute Gasteiger partial charge is 0.264 e. The molecule has 0 aromatic heterocycles. The quantitative estimate of drug-likeness (QED) is 0.291. The molecule has 9 nitrogen and oxygen atoms in total. The van der Waals surface area contributed by atoms with Gasteiger partial charge in [0.05, 0.1) is 24.3 Å². The second-order valence-corrected chi connectivity index (χ2v) is 12.6. The van der Waals surface area contributed by atoms with Crippen LogP contribution in [0.15, 0.2) is 77.7 Å². The Balaban J connectivity index is 1.73. The van der Waals surface area contributed by atoms with Crippen LogP contribution in [0.5, 0.6) is 11.5 Å². The highest BCUT2D eigenvalue weighted by atomic mass is 32.2. The fraction of sp³-hybridized carbons (Fsp3) is 0.394. The summed E-state index contributed by atoms with van der Waals surface area (Å²) in [5.74, 6) is 0.145. The van der Waals surface area contributed by atoms with E-state index in [1.165, 1.54) is 17.0 Å². The average molecular weight is 608 g/mol. The second kappa shape index (κ2) is 14.4. The number of ether oxygens (including phenoxy) is 2. The standard InChI is InChI=1S/C33H41N3O6S/c1-5-42-31-16-9-8-15-30(31)36(43(39,40)29-19-17-24(2)18-20-29)23-32(37)35(22-26-11-10-14-28(21-26)41-4)25(3)33(38)34-27-12-6-7-13-27/h8-11,14-21,25,27H,5-7,12-13,22-23H2,1-4H3,(H,34,38). The minimum Gasteiger partial charge on any atom is -0.497 e. The van der Waals surface area contributed by atoms with E-state index >= 15 is 0 Å². The Morgan fingerprint density at radius 1 is 1.00 bits per heavy atom. The monoisotopic (exact) mass is 607 g/mol. The SMILES string of the molecule is CCOc1ccccc1N(CC(=O)N(Cc1cccc(OC)c1)C(C)C(=O)NC1CCCC1)S(=O)(=O)c1ccc(C)cc1. The van der Waals surface area contributed by atoms with Crippen molar-refractivity contribution in [2.24, 2.45) is 0 Å². The van der Waals surface area contributed by atoms with Crippen LogP contribution in [0.4, 0.5) is 5.69 Å². The molecule has 1 N–H and O–H groups in total. The van der Waals surface area contributed by atoms with Gasteiger partial charge in [-0.2, -0.15) is 0 Å². The molecule has 3 aromatic carbocycles. The van der Waals surface area contributed by atoms with Crippen molar-refractivity contribution in [2.45, 2.75) is 70.0 Å². The van der Waals surface area contributed by atoms with Gasteiger partial charge in [-0.1, -0.05) is 54.8 Å². The maximum Gasteiger partial charge on any atom is 0.264 e. The summed E-state index contributed by atoms with van der Waals surface area (Å²) >= 11 is 0. The lowest BCUT2D eigenvalue weighted by Crippen LogP contribution is -2.52. The minimum atomic E-state index is -4.20. The summed E-state index contributed by atoms with van der Waals surface area (Å²) in [7, 11) is -2.64. The van der Waals surface area contributed by atoms with Crippen molar-refractivity contribution in [3.8, 4) is 11.5 Å². The Hall–Kier alpha value is -4.05. The average Bonchev–Trinajstić information content (AvgIpc) is 3.52. The molecule has 230 valence electrons. The zero-order valence-corrected chi connectivity index (χ0v) is 26.1. The molecule has 1 unspecified atom stereocenters. The van der Waals surface area contributed by atoms with Crippen LogP contribution in [-0.2, 0) is 26.2 Å². The minimum absolute atomic E-state index is 0.0450. The molecule has 0 heterocycles. The van der Waals surface area contributed by atoms with E-state index in [0.29, 0.717) is 18.1 Å². The molecule has 4 rings (SSSR count). The summed E-state index contributed by atoms with van der Waals surface area (Å²) in [4.78, 5) is 29.1. The fourth-order valence-electron chi connectivity index (χ4n) is 5.23. The summed E-state index contributed by atoms with van der Waals surface area (Å²) < 4.78 is 40.5. The van der Waals surface area contributed by atoms with Crippen LogP contribution in [-0.4, -0.2) is 57.5 Å². The number of nitrogens with one attached hydrogen (secondary N) is 1. The second-order valence-electron chi connectivity index (χ2n) is 10.8. The van der Waals surface area contributed by atoms with Crippen molar-refractivity contribution >= 4 is 27.5 Å². The Morgan fingerprint density at radius 2 is 1.70 bits per heavy atom. The Morgan fingerprint density at radius 3 is 2.37 bits per heavy atom. The van der Waals surface area contributed by atoms with Crippen LogP contribution in [0.1, 0.15) is 50.7 Å². The van der Waals surface area contributed by atoms with E-state index in [4.69, 9.17) is 9.47 Å². The number of anilines is 1. The molecule has 1 atom stereocenters. The van der Waals surface area contributed by atoms with Gasteiger partial charge in [0.2, 0.25) is 11.8 Å². The van der Waals surface area contributed by atoms with E-state index in [9.17, 15) is 18.0 Å². The third-order valence-electron chi connectivity index (χ3n) is 7.68. The Bertz CT molecular complexity index is 1500. The number of rotatable bonds is 13. The Kier molecular flexibility index (Phi) is 10.7. The molecule has 1 fully saturated rings. The number of amides is 2. The van der Waals surface area contributed by atoms with Gasteiger partial charge in [-0.25, -0.2) is 8.42 Å². The third-order valence-corrected chi connectivity index (χ3v) is 9.45. The van der Waals surface area contributed by atoms with Gasteiger partial charge in [0.1, 0.15) is 24.1 Å². The van der Waals surface area contributed by atoms with Gasteiger partial charge in [0.15, 0.2) is 0 Å². The normalized spacial score (nSPS) is 14.1. The van der Waals surface area contributed by atoms with E-state index in [1.807, 2.05) is 19.1 Å². The zero-order chi connectivity index (χ0) is 31.0. The van der Waals surface area contributed by atoms with Crippen molar-refractivity contribution in [2.75, 3.05) is 24.6 Å². The molecular weight excluding hydrogens is 566 g/mol. The highest BCUT2D eigenvalue weighted by molar-refractivity contribution is 7.92. The predicted molar refractivity (Wildman–Crippen MR) is 167 cm³/mol. The van der Waals surface area contributed by atoms with E-state index < -0.39 is 28.5 Å². The van der Waals surface area contributed by atoms with Gasteiger partial charge in [-0.15, -0.1) is 0 Å². The first-order chi connectivity index (χ1) is 20.6. The van der Waals surface area contributed by atoms with E-state index in [0.717, 1.165) is 41.1 Å². The number of hydrogen-bond donors (Lipinski definition) is 1. The molecule has 10 heteroatoms. The number of methoxy groups -OCH3 is 1. The maximum atomic E-state index is 14.2. The molecule has 0 aliphatic heterocycles. The number of aryl methyl sites for hydroxylation is 1. The molecule has 1 aliphatic carbocycles. The maximum absolute atomic E-state index is 14.2. The molecular formula is C33H41N3O6S. The van der Waals surface area contributed by atoms with Crippen LogP contribution in [0.3, 0.4) is 0 Å². The lowest BCUT2D eigenvalue weighted by molar-refractivity contribution is -0.139. The number of benzene rings is 3. The highest BCUT2D eigenvalue weighted by Gasteiger charge is 2.34. The predicted octanol–water partition coefficient (Wildman–Crippen LogP) is 5.07. The number of nitrogens with zero attached hydrogens (tertiary/aromatic N) is 2. The molecule has 0 spiro atoms. The van der Waals surface area contributed by atoms with Gasteiger partial charge >= 0.3 is 0 Å². The lowest BCUT2D eigenvalue weighted by atomic mass is 10.1. The van der Waals surface area contributed by atoms with E-state index in [2.05, 4.69) is 5.32 Å². The van der Waals surface area contributed by atoms with E-state index in [1.54, 1.807) is 69.5 Å². The molecule has 0 bridgehead atoms. The summed E-state index contributed by atoms with van der Waals surface area (Å²) in [5.41, 5.74) is 1.89. The number of hydrogen-bond acceptors (Lipinski definition) is 6. The van der Waals surface area contributed by atoms with Crippen molar-refractivity contribution < 1.29 is 27.5 Å². The van der Waals surface area contributed by atoms with Crippen LogP contribution < -0.4 is 19.1 Å². The molecule has 1 aliphatic rings. The van der Waals surface area contributed by atoms with Crippen LogP contribution in [0, 0.1) is 6.92 Å². The summed E-state index contributed by atoms with van der Waals surface area (Å²) in [5, 5.41) is 3.09. The van der Waals surface area contributed by atoms with Gasteiger partial charge in [0.25, 0.3) is 10.0 Å². The first kappa shape index (κ1) is 31.9. The first-order valence-corrected chi connectivity index (χ1v) is 16.1. The van der Waals surface area contributed by atoms with E-state index in [-0.39, 0.29) is 29.1 Å². The zero-order valence-electron chi connectivity index (χ0n) is 25.3. The Labute approximate surface area is 254 Å². The fourth-order valence-corrected chi connectivity index (χ4v) is 6.66.